The Balaban J connectivity index is 1.81. The maximum atomic E-state index is 5.24. The summed E-state index contributed by atoms with van der Waals surface area (Å²) in [5.74, 6) is 1.13. The van der Waals surface area contributed by atoms with Crippen molar-refractivity contribution in [3.05, 3.63) is 29.5 Å². The van der Waals surface area contributed by atoms with Crippen LogP contribution in [-0.4, -0.2) is 27.2 Å². The fourth-order valence-electron chi connectivity index (χ4n) is 1.69. The lowest BCUT2D eigenvalue weighted by atomic mass is 10.5. The van der Waals surface area contributed by atoms with Crippen molar-refractivity contribution in [2.45, 2.75) is 23.8 Å². The van der Waals surface area contributed by atoms with E-state index in [4.69, 9.17) is 9.26 Å². The summed E-state index contributed by atoms with van der Waals surface area (Å²) < 4.78 is 11.3. The predicted octanol–water partition coefficient (Wildman–Crippen LogP) is 3.07. The summed E-state index contributed by atoms with van der Waals surface area (Å²) in [5, 5.41) is 6.83. The highest BCUT2D eigenvalue weighted by Gasteiger charge is 2.18. The van der Waals surface area contributed by atoms with Crippen molar-refractivity contribution in [2.24, 2.45) is 0 Å². The molecule has 0 amide bonds. The number of aromatic nitrogens is 4. The van der Waals surface area contributed by atoms with E-state index in [1.807, 2.05) is 18.4 Å². The molecule has 0 spiro atoms. The van der Waals surface area contributed by atoms with Crippen molar-refractivity contribution >= 4 is 33.3 Å². The largest absolute Gasteiger partial charge is 0.377 e. The minimum Gasteiger partial charge on any atom is -0.377 e. The van der Waals surface area contributed by atoms with Crippen LogP contribution in [0.3, 0.4) is 0 Å². The minimum atomic E-state index is 0.0216. The van der Waals surface area contributed by atoms with Gasteiger partial charge in [0.25, 0.3) is 0 Å². The number of fused-ring (bicyclic) bond motifs is 1. The fourth-order valence-corrected chi connectivity index (χ4v) is 3.56. The van der Waals surface area contributed by atoms with Gasteiger partial charge in [-0.05, 0) is 18.4 Å². The molecule has 0 bridgehead atoms. The molecule has 104 valence electrons. The molecule has 3 heterocycles. The van der Waals surface area contributed by atoms with E-state index in [1.54, 1.807) is 36.5 Å². The molecule has 0 saturated carbocycles. The van der Waals surface area contributed by atoms with Crippen molar-refractivity contribution in [1.82, 2.24) is 20.1 Å². The highest BCUT2D eigenvalue weighted by molar-refractivity contribution is 7.99. The predicted molar refractivity (Wildman–Crippen MR) is 76.7 cm³/mol. The molecule has 8 heteroatoms. The number of hydrogen-bond acceptors (Lipinski definition) is 8. The van der Waals surface area contributed by atoms with E-state index >= 15 is 0 Å². The van der Waals surface area contributed by atoms with Gasteiger partial charge in [-0.2, -0.15) is 4.98 Å². The first kappa shape index (κ1) is 13.5. The summed E-state index contributed by atoms with van der Waals surface area (Å²) in [7, 11) is 1.60. The molecule has 0 fully saturated rings. The van der Waals surface area contributed by atoms with Gasteiger partial charge in [-0.25, -0.2) is 9.97 Å². The lowest BCUT2D eigenvalue weighted by molar-refractivity contribution is 0.174. The molecule has 1 atom stereocenters. The lowest BCUT2D eigenvalue weighted by Crippen LogP contribution is -1.93. The zero-order valence-electron chi connectivity index (χ0n) is 10.9. The van der Waals surface area contributed by atoms with Gasteiger partial charge in [0, 0.05) is 7.11 Å². The molecular formula is C12H12N4O2S2. The molecule has 0 aliphatic rings. The van der Waals surface area contributed by atoms with Crippen molar-refractivity contribution in [1.29, 1.82) is 0 Å². The van der Waals surface area contributed by atoms with E-state index in [0.717, 1.165) is 15.2 Å². The third kappa shape index (κ3) is 2.67. The average molecular weight is 308 g/mol. The fraction of sp³-hybridized carbons (Fsp3) is 0.333. The van der Waals surface area contributed by atoms with Gasteiger partial charge in [-0.15, -0.1) is 11.3 Å². The van der Waals surface area contributed by atoms with Crippen LogP contribution >= 0.6 is 23.1 Å². The van der Waals surface area contributed by atoms with Crippen LogP contribution < -0.4 is 0 Å². The summed E-state index contributed by atoms with van der Waals surface area (Å²) in [6.45, 7) is 2.36. The summed E-state index contributed by atoms with van der Waals surface area (Å²) in [6.07, 6.45) is 1.58. The van der Waals surface area contributed by atoms with Crippen LogP contribution in [0.25, 0.3) is 10.2 Å². The number of rotatable bonds is 5. The Labute approximate surface area is 123 Å². The second-order valence-corrected chi connectivity index (χ2v) is 6.30. The van der Waals surface area contributed by atoms with Gasteiger partial charge in [-0.3, -0.25) is 0 Å². The van der Waals surface area contributed by atoms with Gasteiger partial charge in [0.1, 0.15) is 18.0 Å². The molecule has 20 heavy (non-hydrogen) atoms. The van der Waals surface area contributed by atoms with Crippen molar-refractivity contribution < 1.29 is 9.26 Å². The van der Waals surface area contributed by atoms with Gasteiger partial charge >= 0.3 is 0 Å². The molecule has 0 radical (unpaired) electrons. The van der Waals surface area contributed by atoms with Gasteiger partial charge in [0.2, 0.25) is 5.89 Å². The SMILES string of the molecule is COCc1noc(C(C)Sc2ncnc3ccsc23)n1. The third-order valence-electron chi connectivity index (χ3n) is 2.60. The Hall–Kier alpha value is -1.51. The Morgan fingerprint density at radius 1 is 1.45 bits per heavy atom. The highest BCUT2D eigenvalue weighted by atomic mass is 32.2. The molecule has 0 aliphatic carbocycles. The van der Waals surface area contributed by atoms with Gasteiger partial charge in [0.15, 0.2) is 5.82 Å². The number of thioether (sulfide) groups is 1. The molecule has 0 aliphatic heterocycles. The summed E-state index contributed by atoms with van der Waals surface area (Å²) in [6, 6.07) is 1.99. The van der Waals surface area contributed by atoms with Crippen molar-refractivity contribution in [3.63, 3.8) is 0 Å². The minimum absolute atomic E-state index is 0.0216. The standard InChI is InChI=1S/C12H12N4O2S2/c1-7(11-15-9(5-17-2)16-18-11)20-12-10-8(3-4-19-10)13-6-14-12/h3-4,6-7H,5H2,1-2H3. The molecular weight excluding hydrogens is 296 g/mol. The molecule has 0 aromatic carbocycles. The van der Waals surface area contributed by atoms with Crippen LogP contribution in [0.15, 0.2) is 27.3 Å². The molecule has 3 rings (SSSR count). The lowest BCUT2D eigenvalue weighted by Gasteiger charge is -2.05. The van der Waals surface area contributed by atoms with Crippen LogP contribution in [-0.2, 0) is 11.3 Å². The number of ether oxygens (including phenoxy) is 1. The Morgan fingerprint density at radius 2 is 2.35 bits per heavy atom. The highest BCUT2D eigenvalue weighted by Crippen LogP contribution is 2.37. The zero-order chi connectivity index (χ0) is 13.9. The first-order valence-corrected chi connectivity index (χ1v) is 7.70. The van der Waals surface area contributed by atoms with Crippen LogP contribution in [0.4, 0.5) is 0 Å². The molecule has 0 saturated heterocycles. The van der Waals surface area contributed by atoms with Crippen molar-refractivity contribution in [3.8, 4) is 0 Å². The second-order valence-electron chi connectivity index (χ2n) is 4.06. The van der Waals surface area contributed by atoms with Gasteiger partial charge in [0.05, 0.1) is 15.5 Å². The summed E-state index contributed by atoms with van der Waals surface area (Å²) >= 11 is 3.22. The molecule has 6 nitrogen and oxygen atoms in total. The number of hydrogen-bond donors (Lipinski definition) is 0. The topological polar surface area (TPSA) is 73.9 Å². The van der Waals surface area contributed by atoms with Gasteiger partial charge < -0.3 is 9.26 Å². The maximum Gasteiger partial charge on any atom is 0.239 e. The summed E-state index contributed by atoms with van der Waals surface area (Å²) in [5.41, 5.74) is 0.963. The number of methoxy groups -OCH3 is 1. The zero-order valence-corrected chi connectivity index (χ0v) is 12.6. The van der Waals surface area contributed by atoms with Crippen LogP contribution in [0, 0.1) is 0 Å². The maximum absolute atomic E-state index is 5.24. The monoisotopic (exact) mass is 308 g/mol. The van der Waals surface area contributed by atoms with E-state index in [1.165, 1.54) is 0 Å². The van der Waals surface area contributed by atoms with Crippen LogP contribution in [0.1, 0.15) is 23.9 Å². The van der Waals surface area contributed by atoms with Crippen LogP contribution in [0.2, 0.25) is 0 Å². The van der Waals surface area contributed by atoms with Crippen LogP contribution in [0.5, 0.6) is 0 Å². The Morgan fingerprint density at radius 3 is 3.20 bits per heavy atom. The molecule has 3 aromatic heterocycles. The molecule has 0 N–H and O–H groups in total. The van der Waals surface area contributed by atoms with E-state index in [2.05, 4.69) is 20.1 Å². The van der Waals surface area contributed by atoms with E-state index in [0.29, 0.717) is 18.3 Å². The number of thiophene rings is 1. The van der Waals surface area contributed by atoms with Gasteiger partial charge in [-0.1, -0.05) is 16.9 Å². The summed E-state index contributed by atoms with van der Waals surface area (Å²) in [4.78, 5) is 12.9. The van der Waals surface area contributed by atoms with Crippen molar-refractivity contribution in [2.75, 3.05) is 7.11 Å². The quantitative estimate of drug-likeness (QED) is 0.529. The normalized spacial score (nSPS) is 12.9. The Bertz CT molecular complexity index is 712. The third-order valence-corrected chi connectivity index (χ3v) is 4.73. The molecule has 1 unspecified atom stereocenters. The second kappa shape index (κ2) is 5.86. The van der Waals surface area contributed by atoms with E-state index in [9.17, 15) is 0 Å². The average Bonchev–Trinajstić information content (AvgIpc) is 3.08. The smallest absolute Gasteiger partial charge is 0.239 e. The molecule has 3 aromatic rings. The van der Waals surface area contributed by atoms with E-state index < -0.39 is 0 Å². The Kier molecular flexibility index (Phi) is 3.95. The van der Waals surface area contributed by atoms with E-state index in [-0.39, 0.29) is 5.25 Å². The first-order valence-electron chi connectivity index (χ1n) is 5.94. The first-order chi connectivity index (χ1) is 9.78. The number of nitrogens with zero attached hydrogens (tertiary/aromatic N) is 4.